The number of aryl methyl sites for hydroxylation is 1. The molecule has 2 aromatic rings. The molecule has 12 nitrogen and oxygen atoms in total. The first kappa shape index (κ1) is 18.2. The quantitative estimate of drug-likeness (QED) is 0.176. The predicted molar refractivity (Wildman–Crippen MR) is 86.0 cm³/mol. The number of nitriles is 1. The molecule has 0 saturated carbocycles. The van der Waals surface area contributed by atoms with Crippen molar-refractivity contribution in [2.24, 2.45) is 7.05 Å². The molecule has 0 bridgehead atoms. The van der Waals surface area contributed by atoms with Crippen molar-refractivity contribution in [3.63, 3.8) is 0 Å². The molecule has 134 valence electrons. The molecule has 0 aliphatic rings. The molecular formula is C14H12N6O6. The number of nitrogens with zero attached hydrogens (tertiary/aromatic N) is 6. The van der Waals surface area contributed by atoms with Gasteiger partial charge in [-0.15, -0.1) is 10.2 Å². The number of nitro groups is 1. The Morgan fingerprint density at radius 2 is 2.08 bits per heavy atom. The summed E-state index contributed by atoms with van der Waals surface area (Å²) in [5, 5.41) is 56.7. The second-order valence-electron chi connectivity index (χ2n) is 5.06. The lowest BCUT2D eigenvalue weighted by Gasteiger charge is -2.15. The summed E-state index contributed by atoms with van der Waals surface area (Å²) in [5.74, 6) is -3.70. The zero-order valence-electron chi connectivity index (χ0n) is 13.5. The van der Waals surface area contributed by atoms with Crippen LogP contribution in [0.1, 0.15) is 5.56 Å². The number of likely N-dealkylation sites (N-methyl/N-ethyl adjacent to an activating group) is 1. The summed E-state index contributed by atoms with van der Waals surface area (Å²) in [6.07, 6.45) is 1.32. The molecule has 0 aliphatic heterocycles. The van der Waals surface area contributed by atoms with E-state index in [2.05, 4.69) is 10.2 Å². The molecule has 26 heavy (non-hydrogen) atoms. The highest BCUT2D eigenvalue weighted by molar-refractivity contribution is 6.11. The maximum absolute atomic E-state index is 12.5. The van der Waals surface area contributed by atoms with Crippen LogP contribution in [0.15, 0.2) is 24.0 Å². The largest absolute Gasteiger partial charge is 0.506 e. The number of carbonyl (C=O) groups excluding carboxylic acids is 1. The maximum Gasteiger partial charge on any atom is 0.315 e. The zero-order chi connectivity index (χ0) is 19.6. The van der Waals surface area contributed by atoms with E-state index in [9.17, 15) is 35.5 Å². The van der Waals surface area contributed by atoms with Gasteiger partial charge in [-0.3, -0.25) is 19.8 Å². The third kappa shape index (κ3) is 3.08. The summed E-state index contributed by atoms with van der Waals surface area (Å²) in [4.78, 5) is 23.3. The predicted octanol–water partition coefficient (Wildman–Crippen LogP) is 0.590. The standard InChI is InChI=1S/C14H12N6O6/c1-18-6-16-17-14(18)19(2)13(24)8(5-15)11(22)7-3-9(20(25)26)12(23)10(21)4-7/h3-4,6,21-23H,1-2H3/b11-8-. The van der Waals surface area contributed by atoms with E-state index in [0.29, 0.717) is 0 Å². The number of benzene rings is 1. The Balaban J connectivity index is 2.56. The van der Waals surface area contributed by atoms with Crippen molar-refractivity contribution in [3.05, 3.63) is 39.7 Å². The monoisotopic (exact) mass is 360 g/mol. The highest BCUT2D eigenvalue weighted by Gasteiger charge is 2.26. The number of aromatic hydroxyl groups is 2. The van der Waals surface area contributed by atoms with Gasteiger partial charge in [-0.25, -0.2) is 0 Å². The summed E-state index contributed by atoms with van der Waals surface area (Å²) in [7, 11) is 2.84. The lowest BCUT2D eigenvalue weighted by Crippen LogP contribution is -2.30. The minimum absolute atomic E-state index is 0.0788. The number of hydrogen-bond donors (Lipinski definition) is 3. The lowest BCUT2D eigenvalue weighted by atomic mass is 10.1. The van der Waals surface area contributed by atoms with Crippen LogP contribution in [0.2, 0.25) is 0 Å². The number of aliphatic hydroxyl groups is 1. The molecular weight excluding hydrogens is 348 g/mol. The van der Waals surface area contributed by atoms with E-state index in [1.54, 1.807) is 7.05 Å². The van der Waals surface area contributed by atoms with Gasteiger partial charge in [-0.05, 0) is 6.07 Å². The number of nitro benzene ring substituents is 1. The summed E-state index contributed by atoms with van der Waals surface area (Å²) in [5.41, 5.74) is -2.06. The van der Waals surface area contributed by atoms with Crippen molar-refractivity contribution in [1.82, 2.24) is 14.8 Å². The fourth-order valence-electron chi connectivity index (χ4n) is 2.07. The maximum atomic E-state index is 12.5. The molecule has 1 heterocycles. The summed E-state index contributed by atoms with van der Waals surface area (Å²) in [6.45, 7) is 0. The first-order chi connectivity index (χ1) is 12.2. The van der Waals surface area contributed by atoms with E-state index >= 15 is 0 Å². The van der Waals surface area contributed by atoms with Gasteiger partial charge >= 0.3 is 5.69 Å². The average Bonchev–Trinajstić information content (AvgIpc) is 3.02. The van der Waals surface area contributed by atoms with Gasteiger partial charge in [0.2, 0.25) is 11.7 Å². The van der Waals surface area contributed by atoms with Crippen molar-refractivity contribution in [2.75, 3.05) is 11.9 Å². The summed E-state index contributed by atoms with van der Waals surface area (Å²) >= 11 is 0. The third-order valence-corrected chi connectivity index (χ3v) is 3.39. The van der Waals surface area contributed by atoms with E-state index in [0.717, 1.165) is 17.0 Å². The molecule has 0 atom stereocenters. The fourth-order valence-corrected chi connectivity index (χ4v) is 2.07. The van der Waals surface area contributed by atoms with Crippen molar-refractivity contribution in [1.29, 1.82) is 5.26 Å². The number of aromatic nitrogens is 3. The molecule has 12 heteroatoms. The van der Waals surface area contributed by atoms with Crippen LogP contribution in [0, 0.1) is 21.4 Å². The molecule has 3 N–H and O–H groups in total. The van der Waals surface area contributed by atoms with Crippen LogP contribution in [-0.4, -0.2) is 48.0 Å². The molecule has 0 spiro atoms. The van der Waals surface area contributed by atoms with Crippen molar-refractivity contribution in [3.8, 4) is 17.6 Å². The van der Waals surface area contributed by atoms with E-state index in [4.69, 9.17) is 0 Å². The zero-order valence-corrected chi connectivity index (χ0v) is 13.5. The minimum Gasteiger partial charge on any atom is -0.506 e. The van der Waals surface area contributed by atoms with E-state index in [1.807, 2.05) is 0 Å². The number of phenols is 2. The number of rotatable bonds is 4. The third-order valence-electron chi connectivity index (χ3n) is 3.39. The molecule has 0 saturated heterocycles. The second-order valence-corrected chi connectivity index (χ2v) is 5.06. The Kier molecular flexibility index (Phi) is 4.74. The highest BCUT2D eigenvalue weighted by Crippen LogP contribution is 2.38. The minimum atomic E-state index is -1.01. The van der Waals surface area contributed by atoms with Crippen molar-refractivity contribution in [2.45, 2.75) is 0 Å². The molecule has 0 aliphatic carbocycles. The highest BCUT2D eigenvalue weighted by atomic mass is 16.6. The number of aliphatic hydroxyl groups excluding tert-OH is 1. The Morgan fingerprint density at radius 1 is 1.42 bits per heavy atom. The van der Waals surface area contributed by atoms with Crippen LogP contribution >= 0.6 is 0 Å². The van der Waals surface area contributed by atoms with E-state index < -0.39 is 44.9 Å². The van der Waals surface area contributed by atoms with Crippen LogP contribution in [0.4, 0.5) is 11.6 Å². The van der Waals surface area contributed by atoms with Crippen LogP contribution < -0.4 is 4.90 Å². The average molecular weight is 360 g/mol. The smallest absolute Gasteiger partial charge is 0.315 e. The summed E-state index contributed by atoms with van der Waals surface area (Å²) < 4.78 is 1.39. The van der Waals surface area contributed by atoms with Gasteiger partial charge in [-0.2, -0.15) is 5.26 Å². The molecule has 2 rings (SSSR count). The molecule has 1 aromatic heterocycles. The fraction of sp³-hybridized carbons (Fsp3) is 0.143. The van der Waals surface area contributed by atoms with Gasteiger partial charge in [0.25, 0.3) is 5.91 Å². The first-order valence-corrected chi connectivity index (χ1v) is 6.85. The Hall–Kier alpha value is -4.14. The van der Waals surface area contributed by atoms with Crippen molar-refractivity contribution < 1.29 is 25.0 Å². The lowest BCUT2D eigenvalue weighted by molar-refractivity contribution is -0.386. The van der Waals surface area contributed by atoms with Crippen LogP contribution in [-0.2, 0) is 11.8 Å². The second kappa shape index (κ2) is 6.77. The van der Waals surface area contributed by atoms with Gasteiger partial charge < -0.3 is 19.9 Å². The van der Waals surface area contributed by atoms with E-state index in [1.165, 1.54) is 24.0 Å². The SMILES string of the molecule is CN(C(=O)/C(C#N)=C(\O)c1cc(O)c(O)c([N+](=O)[O-])c1)c1nncn1C. The van der Waals surface area contributed by atoms with Gasteiger partial charge in [0, 0.05) is 25.7 Å². The molecule has 0 unspecified atom stereocenters. The Labute approximate surface area is 145 Å². The number of amides is 1. The number of phenolic OH excluding ortho intramolecular Hbond substituents is 2. The van der Waals surface area contributed by atoms with Crippen molar-refractivity contribution >= 4 is 23.3 Å². The topological polar surface area (TPSA) is 179 Å². The first-order valence-electron chi connectivity index (χ1n) is 6.85. The number of carbonyl (C=O) groups is 1. The van der Waals surface area contributed by atoms with Crippen LogP contribution in [0.3, 0.4) is 0 Å². The summed E-state index contributed by atoms with van der Waals surface area (Å²) in [6, 6.07) is 3.01. The molecule has 0 fully saturated rings. The molecule has 1 amide bonds. The normalized spacial score (nSPS) is 11.4. The van der Waals surface area contributed by atoms with Gasteiger partial charge in [0.1, 0.15) is 18.2 Å². The molecule has 1 aromatic carbocycles. The van der Waals surface area contributed by atoms with Gasteiger partial charge in [0.05, 0.1) is 4.92 Å². The Morgan fingerprint density at radius 3 is 2.58 bits per heavy atom. The van der Waals surface area contributed by atoms with Gasteiger partial charge in [-0.1, -0.05) is 0 Å². The number of hydrogen-bond acceptors (Lipinski definition) is 9. The van der Waals surface area contributed by atoms with Crippen LogP contribution in [0.5, 0.6) is 11.5 Å². The van der Waals surface area contributed by atoms with Crippen LogP contribution in [0.25, 0.3) is 5.76 Å². The Bertz CT molecular complexity index is 973. The van der Waals surface area contributed by atoms with Gasteiger partial charge in [0.15, 0.2) is 11.3 Å². The van der Waals surface area contributed by atoms with E-state index in [-0.39, 0.29) is 5.95 Å². The number of anilines is 1. The molecule has 0 radical (unpaired) electrons.